The van der Waals surface area contributed by atoms with Crippen molar-refractivity contribution in [2.24, 2.45) is 0 Å². The van der Waals surface area contributed by atoms with Crippen LogP contribution in [0.2, 0.25) is 0 Å². The summed E-state index contributed by atoms with van der Waals surface area (Å²) in [6, 6.07) is 6.39. The second-order valence-electron chi connectivity index (χ2n) is 9.82. The third-order valence-corrected chi connectivity index (χ3v) is 7.35. The number of piperidine rings is 2. The lowest BCUT2D eigenvalue weighted by Gasteiger charge is -2.35. The molecule has 0 aromatic heterocycles. The fourth-order valence-electron chi connectivity index (χ4n) is 5.23. The van der Waals surface area contributed by atoms with Gasteiger partial charge in [0.05, 0.1) is 4.92 Å². The second kappa shape index (κ2) is 11.6. The molecule has 12 heteroatoms. The number of carbonyl (C=O) groups is 1. The molecule has 38 heavy (non-hydrogen) atoms. The molecule has 2 fully saturated rings. The number of halogens is 5. The van der Waals surface area contributed by atoms with Crippen molar-refractivity contribution in [3.05, 3.63) is 69.3 Å². The molecule has 0 bridgehead atoms. The molecule has 0 atom stereocenters. The molecule has 0 unspecified atom stereocenters. The van der Waals surface area contributed by atoms with E-state index in [1.165, 1.54) is 18.2 Å². The third-order valence-electron chi connectivity index (χ3n) is 7.35. The number of anilines is 1. The molecule has 0 aliphatic carbocycles. The third kappa shape index (κ3) is 6.77. The Hall–Kier alpha value is -3.28. The standard InChI is InChI=1S/C26H29F5N4O3/c27-18-1-3-21(23(28)15-18)17-5-10-33(11-6-17)12-9-25(36)34-13-7-19(8-14-34)32-20-2-4-24(35(37)38)22(16-20)26(29,30)31/h1-4,15-17,19,32H,5-14H2. The van der Waals surface area contributed by atoms with Crippen molar-refractivity contribution < 1.29 is 31.7 Å². The van der Waals surface area contributed by atoms with Crippen LogP contribution in [0.3, 0.4) is 0 Å². The van der Waals surface area contributed by atoms with Crippen LogP contribution in [0.15, 0.2) is 36.4 Å². The van der Waals surface area contributed by atoms with Crippen molar-refractivity contribution >= 4 is 17.3 Å². The van der Waals surface area contributed by atoms with E-state index in [9.17, 15) is 36.9 Å². The summed E-state index contributed by atoms with van der Waals surface area (Å²) in [4.78, 5) is 26.5. The van der Waals surface area contributed by atoms with E-state index < -0.39 is 34.0 Å². The van der Waals surface area contributed by atoms with Crippen molar-refractivity contribution in [1.29, 1.82) is 0 Å². The number of nitrogens with zero attached hydrogens (tertiary/aromatic N) is 3. The number of carbonyl (C=O) groups excluding carboxylic acids is 1. The molecule has 4 rings (SSSR count). The highest BCUT2D eigenvalue weighted by molar-refractivity contribution is 5.76. The highest BCUT2D eigenvalue weighted by Crippen LogP contribution is 2.38. The fraction of sp³-hybridized carbons (Fsp3) is 0.500. The average molecular weight is 541 g/mol. The van der Waals surface area contributed by atoms with E-state index in [-0.39, 0.29) is 23.6 Å². The summed E-state index contributed by atoms with van der Waals surface area (Å²) < 4.78 is 66.9. The summed E-state index contributed by atoms with van der Waals surface area (Å²) in [5, 5.41) is 14.0. The van der Waals surface area contributed by atoms with Crippen LogP contribution in [0.1, 0.15) is 49.1 Å². The van der Waals surface area contributed by atoms with Gasteiger partial charge in [-0.3, -0.25) is 14.9 Å². The van der Waals surface area contributed by atoms with Crippen molar-refractivity contribution in [2.75, 3.05) is 38.0 Å². The zero-order valence-electron chi connectivity index (χ0n) is 20.6. The zero-order chi connectivity index (χ0) is 27.4. The molecule has 0 radical (unpaired) electrons. The lowest BCUT2D eigenvalue weighted by Crippen LogP contribution is -2.44. The summed E-state index contributed by atoms with van der Waals surface area (Å²) in [7, 11) is 0. The molecule has 2 heterocycles. The van der Waals surface area contributed by atoms with Crippen LogP contribution in [0.4, 0.5) is 33.3 Å². The monoisotopic (exact) mass is 540 g/mol. The van der Waals surface area contributed by atoms with Crippen molar-refractivity contribution in [1.82, 2.24) is 9.80 Å². The van der Waals surface area contributed by atoms with Crippen molar-refractivity contribution in [3.63, 3.8) is 0 Å². The van der Waals surface area contributed by atoms with Gasteiger partial charge in [-0.25, -0.2) is 8.78 Å². The van der Waals surface area contributed by atoms with Gasteiger partial charge >= 0.3 is 6.18 Å². The Morgan fingerprint density at radius 1 is 1.00 bits per heavy atom. The highest BCUT2D eigenvalue weighted by Gasteiger charge is 2.38. The number of nitro groups is 1. The maximum atomic E-state index is 14.1. The van der Waals surface area contributed by atoms with Gasteiger partial charge in [0.1, 0.15) is 17.2 Å². The smallest absolute Gasteiger partial charge is 0.382 e. The second-order valence-corrected chi connectivity index (χ2v) is 9.82. The summed E-state index contributed by atoms with van der Waals surface area (Å²) in [6.45, 7) is 2.94. The van der Waals surface area contributed by atoms with Crippen LogP contribution in [-0.2, 0) is 11.0 Å². The highest BCUT2D eigenvalue weighted by atomic mass is 19.4. The number of benzene rings is 2. The Kier molecular flexibility index (Phi) is 8.49. The Balaban J connectivity index is 1.21. The first-order valence-corrected chi connectivity index (χ1v) is 12.6. The summed E-state index contributed by atoms with van der Waals surface area (Å²) in [5.74, 6) is -1.09. The molecule has 2 saturated heterocycles. The van der Waals surface area contributed by atoms with Crippen LogP contribution in [0, 0.1) is 21.7 Å². The topological polar surface area (TPSA) is 78.7 Å². The van der Waals surface area contributed by atoms with E-state index in [1.54, 1.807) is 4.90 Å². The predicted molar refractivity (Wildman–Crippen MR) is 131 cm³/mol. The molecule has 0 spiro atoms. The van der Waals surface area contributed by atoms with Gasteiger partial charge in [-0.2, -0.15) is 13.2 Å². The Morgan fingerprint density at radius 2 is 1.68 bits per heavy atom. The van der Waals surface area contributed by atoms with Crippen molar-refractivity contribution in [2.45, 2.75) is 50.2 Å². The maximum Gasteiger partial charge on any atom is 0.423 e. The summed E-state index contributed by atoms with van der Waals surface area (Å²) >= 11 is 0. The molecule has 2 aromatic rings. The Bertz CT molecular complexity index is 1160. The number of rotatable bonds is 7. The quantitative estimate of drug-likeness (QED) is 0.283. The van der Waals surface area contributed by atoms with Crippen LogP contribution >= 0.6 is 0 Å². The van der Waals surface area contributed by atoms with E-state index in [1.807, 2.05) is 0 Å². The van der Waals surface area contributed by atoms with E-state index in [0.29, 0.717) is 44.5 Å². The lowest BCUT2D eigenvalue weighted by atomic mass is 9.89. The molecule has 2 aliphatic heterocycles. The number of hydrogen-bond donors (Lipinski definition) is 1. The maximum absolute atomic E-state index is 14.1. The zero-order valence-corrected chi connectivity index (χ0v) is 20.6. The predicted octanol–water partition coefficient (Wildman–Crippen LogP) is 5.56. The lowest BCUT2D eigenvalue weighted by molar-refractivity contribution is -0.388. The molecule has 1 N–H and O–H groups in total. The fourth-order valence-corrected chi connectivity index (χ4v) is 5.23. The number of likely N-dealkylation sites (tertiary alicyclic amines) is 2. The van der Waals surface area contributed by atoms with Gasteiger partial charge in [0.25, 0.3) is 5.69 Å². The Labute approximate surface area is 216 Å². The van der Waals surface area contributed by atoms with Gasteiger partial charge in [0, 0.05) is 49.9 Å². The molecular weight excluding hydrogens is 511 g/mol. The molecule has 2 aliphatic rings. The molecule has 1 amide bonds. The van der Waals surface area contributed by atoms with E-state index in [4.69, 9.17) is 0 Å². The summed E-state index contributed by atoms with van der Waals surface area (Å²) in [5.41, 5.74) is -1.61. The van der Waals surface area contributed by atoms with Gasteiger partial charge in [0.15, 0.2) is 0 Å². The molecule has 2 aromatic carbocycles. The molecular formula is C26H29F5N4O3. The number of nitrogens with one attached hydrogen (secondary N) is 1. The van der Waals surface area contributed by atoms with Crippen LogP contribution in [0.25, 0.3) is 0 Å². The minimum Gasteiger partial charge on any atom is -0.382 e. The normalized spacial score (nSPS) is 18.0. The number of amides is 1. The number of hydrogen-bond acceptors (Lipinski definition) is 5. The van der Waals surface area contributed by atoms with Gasteiger partial charge < -0.3 is 15.1 Å². The van der Waals surface area contributed by atoms with E-state index in [2.05, 4.69) is 10.2 Å². The first-order valence-electron chi connectivity index (χ1n) is 12.6. The first-order chi connectivity index (χ1) is 18.0. The SMILES string of the molecule is O=C(CCN1CCC(c2ccc(F)cc2F)CC1)N1CCC(Nc2ccc([N+](=O)[O-])c(C(F)(F)F)c2)CC1. The molecule has 7 nitrogen and oxygen atoms in total. The minimum absolute atomic E-state index is 0.00449. The van der Waals surface area contributed by atoms with Crippen molar-refractivity contribution in [3.8, 4) is 0 Å². The average Bonchev–Trinajstić information content (AvgIpc) is 2.87. The van der Waals surface area contributed by atoms with Crippen LogP contribution in [-0.4, -0.2) is 59.4 Å². The summed E-state index contributed by atoms with van der Waals surface area (Å²) in [6.07, 6.45) is -1.97. The van der Waals surface area contributed by atoms with Gasteiger partial charge in [0.2, 0.25) is 5.91 Å². The van der Waals surface area contributed by atoms with E-state index in [0.717, 1.165) is 44.1 Å². The van der Waals surface area contributed by atoms with Gasteiger partial charge in [-0.1, -0.05) is 6.07 Å². The largest absolute Gasteiger partial charge is 0.423 e. The Morgan fingerprint density at radius 3 is 2.29 bits per heavy atom. The van der Waals surface area contributed by atoms with Crippen LogP contribution in [0.5, 0.6) is 0 Å². The number of alkyl halides is 3. The van der Waals surface area contributed by atoms with Crippen LogP contribution < -0.4 is 5.32 Å². The van der Waals surface area contributed by atoms with Gasteiger partial charge in [-0.05, 0) is 68.5 Å². The minimum atomic E-state index is -4.84. The number of nitro benzene ring substituents is 1. The molecule has 0 saturated carbocycles. The van der Waals surface area contributed by atoms with Gasteiger partial charge in [-0.15, -0.1) is 0 Å². The first kappa shape index (κ1) is 27.7. The van der Waals surface area contributed by atoms with E-state index >= 15 is 0 Å². The molecule has 206 valence electrons.